The predicted octanol–water partition coefficient (Wildman–Crippen LogP) is 7.59. The number of benzene rings is 2. The van der Waals surface area contributed by atoms with Crippen molar-refractivity contribution in [1.29, 1.82) is 0 Å². The second-order valence-electron chi connectivity index (χ2n) is 9.15. The number of anilines is 2. The van der Waals surface area contributed by atoms with Crippen LogP contribution in [0.15, 0.2) is 57.2 Å². The van der Waals surface area contributed by atoms with Gasteiger partial charge in [0.1, 0.15) is 0 Å². The molecule has 2 aromatic rings. The third-order valence-corrected chi connectivity index (χ3v) is 9.52. The molecule has 30 heavy (non-hydrogen) atoms. The first-order valence-corrected chi connectivity index (χ1v) is 13.5. The van der Waals surface area contributed by atoms with Crippen molar-refractivity contribution in [2.75, 3.05) is 25.0 Å². The van der Waals surface area contributed by atoms with Gasteiger partial charge >= 0.3 is 0 Å². The first-order valence-electron chi connectivity index (χ1n) is 11.8. The molecule has 0 amide bonds. The van der Waals surface area contributed by atoms with E-state index in [1.165, 1.54) is 90.4 Å². The van der Waals surface area contributed by atoms with Crippen LogP contribution in [0.4, 0.5) is 11.4 Å². The lowest BCUT2D eigenvalue weighted by Gasteiger charge is -2.37. The molecule has 160 valence electrons. The number of thioether (sulfide) groups is 1. The Morgan fingerprint density at radius 3 is 2.57 bits per heavy atom. The van der Waals surface area contributed by atoms with Gasteiger partial charge in [0.25, 0.3) is 0 Å². The lowest BCUT2D eigenvalue weighted by atomic mass is 9.99. The Labute approximate surface area is 190 Å². The van der Waals surface area contributed by atoms with E-state index >= 15 is 0 Å². The quantitative estimate of drug-likeness (QED) is 0.474. The van der Waals surface area contributed by atoms with Crippen LogP contribution in [-0.2, 0) is 0 Å². The van der Waals surface area contributed by atoms with Gasteiger partial charge in [0.15, 0.2) is 0 Å². The molecular weight excluding hydrogens is 404 g/mol. The van der Waals surface area contributed by atoms with Crippen molar-refractivity contribution in [3.05, 3.63) is 42.5 Å². The Balaban J connectivity index is 1.39. The Hall–Kier alpha value is -1.10. The van der Waals surface area contributed by atoms with Crippen LogP contribution in [0.3, 0.4) is 0 Å². The van der Waals surface area contributed by atoms with Crippen molar-refractivity contribution in [3.63, 3.8) is 0 Å². The Bertz CT molecular complexity index is 862. The molecule has 1 aliphatic carbocycles. The maximum atomic E-state index is 2.62. The minimum Gasteiger partial charge on any atom is -0.340 e. The molecule has 0 spiro atoms. The number of hydrogen-bond donors (Lipinski definition) is 0. The highest BCUT2D eigenvalue weighted by atomic mass is 32.2. The molecule has 1 saturated carbocycles. The van der Waals surface area contributed by atoms with E-state index in [0.29, 0.717) is 0 Å². The minimum absolute atomic E-state index is 0.726. The lowest BCUT2D eigenvalue weighted by molar-refractivity contribution is 0.178. The fourth-order valence-electron chi connectivity index (χ4n) is 5.29. The monoisotopic (exact) mass is 438 g/mol. The number of fused-ring (bicyclic) bond motifs is 2. The molecule has 0 radical (unpaired) electrons. The first-order chi connectivity index (χ1) is 14.8. The third-order valence-electron chi connectivity index (χ3n) is 7.06. The molecule has 1 atom stereocenters. The number of likely N-dealkylation sites (tertiary alicyclic amines) is 1. The smallest absolute Gasteiger partial charge is 0.0564 e. The van der Waals surface area contributed by atoms with Crippen molar-refractivity contribution in [1.82, 2.24) is 4.90 Å². The van der Waals surface area contributed by atoms with Gasteiger partial charge in [-0.1, -0.05) is 49.6 Å². The molecule has 2 aliphatic heterocycles. The summed E-state index contributed by atoms with van der Waals surface area (Å²) in [6.45, 7) is 2.37. The number of nitrogens with zero attached hydrogens (tertiary/aromatic N) is 2. The van der Waals surface area contributed by atoms with E-state index in [9.17, 15) is 0 Å². The topological polar surface area (TPSA) is 6.48 Å². The zero-order chi connectivity index (χ0) is 20.3. The molecule has 0 N–H and O–H groups in total. The normalized spacial score (nSPS) is 22.6. The van der Waals surface area contributed by atoms with Crippen LogP contribution in [0.1, 0.15) is 57.8 Å². The van der Waals surface area contributed by atoms with Gasteiger partial charge in [-0.05, 0) is 76.0 Å². The highest BCUT2D eigenvalue weighted by Crippen LogP contribution is 2.49. The van der Waals surface area contributed by atoms with Gasteiger partial charge in [0.2, 0.25) is 0 Å². The van der Waals surface area contributed by atoms with E-state index in [0.717, 1.165) is 17.8 Å². The second-order valence-corrected chi connectivity index (χ2v) is 11.6. The maximum Gasteiger partial charge on any atom is 0.0564 e. The predicted molar refractivity (Wildman–Crippen MR) is 132 cm³/mol. The fourth-order valence-corrected chi connectivity index (χ4v) is 7.64. The van der Waals surface area contributed by atoms with Gasteiger partial charge in [-0.3, -0.25) is 0 Å². The second kappa shape index (κ2) is 9.58. The molecule has 1 saturated heterocycles. The Morgan fingerprint density at radius 1 is 0.900 bits per heavy atom. The highest BCUT2D eigenvalue weighted by Gasteiger charge is 2.26. The summed E-state index contributed by atoms with van der Waals surface area (Å²) >= 11 is 4.06. The highest BCUT2D eigenvalue weighted by molar-refractivity contribution is 8.00. The molecule has 2 aromatic carbocycles. The summed E-state index contributed by atoms with van der Waals surface area (Å²) in [5, 5.41) is 0.810. The van der Waals surface area contributed by atoms with Gasteiger partial charge in [-0.25, -0.2) is 0 Å². The van der Waals surface area contributed by atoms with Gasteiger partial charge < -0.3 is 9.80 Å². The van der Waals surface area contributed by atoms with Crippen LogP contribution < -0.4 is 4.90 Å². The minimum atomic E-state index is 0.726. The van der Waals surface area contributed by atoms with Crippen molar-refractivity contribution >= 4 is 34.9 Å². The average Bonchev–Trinajstić information content (AvgIpc) is 2.78. The van der Waals surface area contributed by atoms with Crippen LogP contribution in [0, 0.1) is 0 Å². The SMILES string of the molecule is CN1CCCCC1CCN1c2ccccc2Sc2ccc(SC3CCCCC3)cc21. The van der Waals surface area contributed by atoms with Crippen LogP contribution in [0.2, 0.25) is 0 Å². The third kappa shape index (κ3) is 4.56. The van der Waals surface area contributed by atoms with Gasteiger partial charge in [-0.15, -0.1) is 11.8 Å². The summed E-state index contributed by atoms with van der Waals surface area (Å²) in [6.07, 6.45) is 12.4. The van der Waals surface area contributed by atoms with Gasteiger partial charge in [0.05, 0.1) is 11.4 Å². The summed E-state index contributed by atoms with van der Waals surface area (Å²) in [7, 11) is 2.32. The molecule has 3 aliphatic rings. The van der Waals surface area contributed by atoms with E-state index in [-0.39, 0.29) is 0 Å². The van der Waals surface area contributed by atoms with Crippen molar-refractivity contribution < 1.29 is 0 Å². The van der Waals surface area contributed by atoms with E-state index in [1.54, 1.807) is 0 Å². The van der Waals surface area contributed by atoms with Crippen molar-refractivity contribution in [2.24, 2.45) is 0 Å². The van der Waals surface area contributed by atoms with Gasteiger partial charge in [-0.2, -0.15) is 0 Å². The number of piperidine rings is 1. The van der Waals surface area contributed by atoms with Crippen LogP contribution in [0.25, 0.3) is 0 Å². The molecule has 0 bridgehead atoms. The van der Waals surface area contributed by atoms with E-state index in [4.69, 9.17) is 0 Å². The Kier molecular flexibility index (Phi) is 6.64. The first kappa shape index (κ1) is 20.8. The fraction of sp³-hybridized carbons (Fsp3) is 0.538. The molecule has 0 aromatic heterocycles. The molecule has 2 heterocycles. The zero-order valence-corrected chi connectivity index (χ0v) is 19.8. The van der Waals surface area contributed by atoms with Crippen molar-refractivity contribution in [2.45, 2.75) is 83.8 Å². The summed E-state index contributed by atoms with van der Waals surface area (Å²) in [4.78, 5) is 9.48. The largest absolute Gasteiger partial charge is 0.340 e. The summed E-state index contributed by atoms with van der Waals surface area (Å²) in [5.74, 6) is 0. The van der Waals surface area contributed by atoms with Crippen LogP contribution in [-0.4, -0.2) is 36.3 Å². The van der Waals surface area contributed by atoms with Crippen molar-refractivity contribution in [3.8, 4) is 0 Å². The average molecular weight is 439 g/mol. The van der Waals surface area contributed by atoms with Crippen LogP contribution in [0.5, 0.6) is 0 Å². The summed E-state index contributed by atoms with van der Waals surface area (Å²) < 4.78 is 0. The molecule has 5 rings (SSSR count). The molecule has 4 heteroatoms. The molecule has 1 unspecified atom stereocenters. The van der Waals surface area contributed by atoms with Gasteiger partial charge in [0, 0.05) is 32.5 Å². The lowest BCUT2D eigenvalue weighted by Crippen LogP contribution is -2.38. The van der Waals surface area contributed by atoms with E-state index in [2.05, 4.69) is 71.1 Å². The standard InChI is InChI=1S/C26H34N2S2/c1-27-17-8-7-9-20(27)16-18-28-23-12-5-6-13-25(23)30-26-15-14-22(19-24(26)28)29-21-10-3-2-4-11-21/h5-6,12-15,19-21H,2-4,7-11,16-18H2,1H3. The zero-order valence-electron chi connectivity index (χ0n) is 18.2. The molecule has 2 fully saturated rings. The summed E-state index contributed by atoms with van der Waals surface area (Å²) in [5.41, 5.74) is 2.83. The maximum absolute atomic E-state index is 2.62. The Morgan fingerprint density at radius 2 is 1.70 bits per heavy atom. The number of hydrogen-bond acceptors (Lipinski definition) is 4. The van der Waals surface area contributed by atoms with E-state index < -0.39 is 0 Å². The van der Waals surface area contributed by atoms with E-state index in [1.807, 2.05) is 11.8 Å². The number of para-hydroxylation sites is 1. The van der Waals surface area contributed by atoms with Crippen LogP contribution >= 0.6 is 23.5 Å². The molecule has 2 nitrogen and oxygen atoms in total. The summed E-state index contributed by atoms with van der Waals surface area (Å²) in [6, 6.07) is 16.9. The number of rotatable bonds is 5. The molecular formula is C26H34N2S2.